The number of H-pyrrole nitrogens is 1. The Bertz CT molecular complexity index is 761. The summed E-state index contributed by atoms with van der Waals surface area (Å²) in [5, 5.41) is 4.35. The number of benzene rings is 1. The number of aryl methyl sites for hydroxylation is 2. The van der Waals surface area contributed by atoms with Gasteiger partial charge in [-0.2, -0.15) is 0 Å². The highest BCUT2D eigenvalue weighted by atomic mass is 15.1. The van der Waals surface area contributed by atoms with Gasteiger partial charge in [-0.1, -0.05) is 30.3 Å². The molecule has 5 heteroatoms. The largest absolute Gasteiger partial charge is 0.368 e. The summed E-state index contributed by atoms with van der Waals surface area (Å²) < 4.78 is 0. The van der Waals surface area contributed by atoms with Crippen LogP contribution >= 0.6 is 0 Å². The van der Waals surface area contributed by atoms with Gasteiger partial charge in [0.2, 0.25) is 0 Å². The van der Waals surface area contributed by atoms with E-state index in [0.717, 1.165) is 28.1 Å². The predicted molar refractivity (Wildman–Crippen MR) is 86.3 cm³/mol. The van der Waals surface area contributed by atoms with Gasteiger partial charge in [0.1, 0.15) is 11.5 Å². The molecule has 0 radical (unpaired) electrons. The molecule has 0 aliphatic rings. The molecule has 5 nitrogen and oxygen atoms in total. The second-order valence-corrected chi connectivity index (χ2v) is 5.08. The lowest BCUT2D eigenvalue weighted by Gasteiger charge is -2.08. The van der Waals surface area contributed by atoms with Gasteiger partial charge in [0.25, 0.3) is 0 Å². The number of aromatic nitrogens is 3. The zero-order chi connectivity index (χ0) is 14.8. The SMILES string of the molecule is Cc1[nH]c2nc(-c3ccccc3)nc(NCCN)c2c1C. The lowest BCUT2D eigenvalue weighted by Crippen LogP contribution is -2.14. The molecule has 2 aromatic heterocycles. The average Bonchev–Trinajstić information content (AvgIpc) is 2.80. The molecule has 0 aliphatic carbocycles. The van der Waals surface area contributed by atoms with Crippen molar-refractivity contribution in [2.24, 2.45) is 5.73 Å². The minimum absolute atomic E-state index is 0.564. The molecule has 3 aromatic rings. The minimum atomic E-state index is 0.564. The summed E-state index contributed by atoms with van der Waals surface area (Å²) in [7, 11) is 0. The fraction of sp³-hybridized carbons (Fsp3) is 0.250. The number of anilines is 1. The van der Waals surface area contributed by atoms with E-state index in [1.165, 1.54) is 5.56 Å². The van der Waals surface area contributed by atoms with Crippen molar-refractivity contribution in [1.82, 2.24) is 15.0 Å². The second-order valence-electron chi connectivity index (χ2n) is 5.08. The zero-order valence-electron chi connectivity index (χ0n) is 12.3. The van der Waals surface area contributed by atoms with Crippen molar-refractivity contribution in [3.63, 3.8) is 0 Å². The maximum atomic E-state index is 5.60. The van der Waals surface area contributed by atoms with E-state index in [-0.39, 0.29) is 0 Å². The molecule has 0 aliphatic heterocycles. The minimum Gasteiger partial charge on any atom is -0.368 e. The van der Waals surface area contributed by atoms with E-state index in [1.54, 1.807) is 0 Å². The molecule has 0 bridgehead atoms. The summed E-state index contributed by atoms with van der Waals surface area (Å²) in [6.45, 7) is 5.37. The molecule has 21 heavy (non-hydrogen) atoms. The Labute approximate surface area is 123 Å². The van der Waals surface area contributed by atoms with Crippen LogP contribution in [0.15, 0.2) is 30.3 Å². The van der Waals surface area contributed by atoms with Crippen molar-refractivity contribution in [2.45, 2.75) is 13.8 Å². The fourth-order valence-corrected chi connectivity index (χ4v) is 2.40. The fourth-order valence-electron chi connectivity index (χ4n) is 2.40. The van der Waals surface area contributed by atoms with Crippen LogP contribution in [0.25, 0.3) is 22.4 Å². The lowest BCUT2D eigenvalue weighted by atomic mass is 10.2. The van der Waals surface area contributed by atoms with Gasteiger partial charge >= 0.3 is 0 Å². The summed E-state index contributed by atoms with van der Waals surface area (Å²) in [6, 6.07) is 9.98. The zero-order valence-corrected chi connectivity index (χ0v) is 12.3. The monoisotopic (exact) mass is 281 g/mol. The smallest absolute Gasteiger partial charge is 0.163 e. The standard InChI is InChI=1S/C16H19N5/c1-10-11(2)19-16-13(10)15(18-9-8-17)20-14(21-16)12-6-4-3-5-7-12/h3-7H,8-9,17H2,1-2H3,(H2,18,19,20,21). The molecule has 0 fully saturated rings. The van der Waals surface area contributed by atoms with Crippen LogP contribution in [0, 0.1) is 13.8 Å². The van der Waals surface area contributed by atoms with Crippen molar-refractivity contribution in [3.05, 3.63) is 41.6 Å². The topological polar surface area (TPSA) is 79.6 Å². The van der Waals surface area contributed by atoms with E-state index in [0.29, 0.717) is 18.9 Å². The number of aromatic amines is 1. The summed E-state index contributed by atoms with van der Waals surface area (Å²) in [6.07, 6.45) is 0. The van der Waals surface area contributed by atoms with Crippen LogP contribution in [-0.4, -0.2) is 28.0 Å². The Balaban J connectivity index is 2.20. The first-order chi connectivity index (χ1) is 10.2. The Kier molecular flexibility index (Phi) is 3.58. The van der Waals surface area contributed by atoms with Gasteiger partial charge in [-0.3, -0.25) is 0 Å². The molecule has 0 spiro atoms. The molecule has 2 heterocycles. The van der Waals surface area contributed by atoms with Crippen LogP contribution in [-0.2, 0) is 0 Å². The first-order valence-corrected chi connectivity index (χ1v) is 7.07. The Morgan fingerprint density at radius 2 is 1.90 bits per heavy atom. The van der Waals surface area contributed by atoms with Crippen LogP contribution in [0.3, 0.4) is 0 Å². The molecule has 4 N–H and O–H groups in total. The van der Waals surface area contributed by atoms with Gasteiger partial charge in [0.15, 0.2) is 5.82 Å². The van der Waals surface area contributed by atoms with Gasteiger partial charge in [0.05, 0.1) is 5.39 Å². The number of hydrogen-bond donors (Lipinski definition) is 3. The van der Waals surface area contributed by atoms with Crippen molar-refractivity contribution in [3.8, 4) is 11.4 Å². The Morgan fingerprint density at radius 3 is 2.62 bits per heavy atom. The van der Waals surface area contributed by atoms with E-state index in [2.05, 4.69) is 27.2 Å². The van der Waals surface area contributed by atoms with Crippen molar-refractivity contribution >= 4 is 16.9 Å². The van der Waals surface area contributed by atoms with Crippen LogP contribution in [0.4, 0.5) is 5.82 Å². The van der Waals surface area contributed by atoms with Crippen LogP contribution < -0.4 is 11.1 Å². The quantitative estimate of drug-likeness (QED) is 0.687. The molecule has 0 amide bonds. The van der Waals surface area contributed by atoms with Gasteiger partial charge in [-0.05, 0) is 19.4 Å². The summed E-state index contributed by atoms with van der Waals surface area (Å²) in [5.74, 6) is 1.55. The Morgan fingerprint density at radius 1 is 1.14 bits per heavy atom. The highest BCUT2D eigenvalue weighted by Gasteiger charge is 2.14. The predicted octanol–water partition coefficient (Wildman–Crippen LogP) is 2.61. The number of hydrogen-bond acceptors (Lipinski definition) is 4. The first-order valence-electron chi connectivity index (χ1n) is 7.07. The maximum absolute atomic E-state index is 5.60. The molecule has 0 saturated carbocycles. The molecule has 0 unspecified atom stereocenters. The molecule has 0 atom stereocenters. The van der Waals surface area contributed by atoms with E-state index < -0.39 is 0 Å². The third-order valence-electron chi connectivity index (χ3n) is 3.62. The molecule has 1 aromatic carbocycles. The third kappa shape index (κ3) is 2.48. The molecule has 108 valence electrons. The first kappa shape index (κ1) is 13.6. The number of rotatable bonds is 4. The number of fused-ring (bicyclic) bond motifs is 1. The molecular weight excluding hydrogens is 262 g/mol. The highest BCUT2D eigenvalue weighted by Crippen LogP contribution is 2.28. The van der Waals surface area contributed by atoms with Crippen molar-refractivity contribution in [1.29, 1.82) is 0 Å². The van der Waals surface area contributed by atoms with Crippen molar-refractivity contribution < 1.29 is 0 Å². The maximum Gasteiger partial charge on any atom is 0.163 e. The van der Waals surface area contributed by atoms with Crippen LogP contribution in [0.5, 0.6) is 0 Å². The van der Waals surface area contributed by atoms with E-state index >= 15 is 0 Å². The summed E-state index contributed by atoms with van der Waals surface area (Å²) >= 11 is 0. The number of nitrogens with zero attached hydrogens (tertiary/aromatic N) is 2. The molecular formula is C16H19N5. The van der Waals surface area contributed by atoms with E-state index in [1.807, 2.05) is 37.3 Å². The summed E-state index contributed by atoms with van der Waals surface area (Å²) in [4.78, 5) is 12.7. The van der Waals surface area contributed by atoms with Crippen LogP contribution in [0.2, 0.25) is 0 Å². The van der Waals surface area contributed by atoms with Gasteiger partial charge in [-0.15, -0.1) is 0 Å². The Hall–Kier alpha value is -2.40. The van der Waals surface area contributed by atoms with Crippen molar-refractivity contribution in [2.75, 3.05) is 18.4 Å². The third-order valence-corrected chi connectivity index (χ3v) is 3.62. The van der Waals surface area contributed by atoms with Gasteiger partial charge in [-0.25, -0.2) is 9.97 Å². The summed E-state index contributed by atoms with van der Waals surface area (Å²) in [5.41, 5.74) is 9.74. The highest BCUT2D eigenvalue weighted by molar-refractivity contribution is 5.92. The van der Waals surface area contributed by atoms with E-state index in [9.17, 15) is 0 Å². The number of nitrogens with one attached hydrogen (secondary N) is 2. The average molecular weight is 281 g/mol. The van der Waals surface area contributed by atoms with Gasteiger partial charge in [0, 0.05) is 24.3 Å². The lowest BCUT2D eigenvalue weighted by molar-refractivity contribution is 1.01. The van der Waals surface area contributed by atoms with Crippen LogP contribution in [0.1, 0.15) is 11.3 Å². The second kappa shape index (κ2) is 5.54. The molecule has 0 saturated heterocycles. The molecule has 3 rings (SSSR count). The van der Waals surface area contributed by atoms with Gasteiger partial charge < -0.3 is 16.0 Å². The van der Waals surface area contributed by atoms with E-state index in [4.69, 9.17) is 5.73 Å². The normalized spacial score (nSPS) is 11.0. The number of nitrogens with two attached hydrogens (primary N) is 1.